The molecular weight excluding hydrogens is 400 g/mol. The number of rotatable bonds is 5. The zero-order chi connectivity index (χ0) is 24.1. The summed E-state index contributed by atoms with van der Waals surface area (Å²) in [4.78, 5) is 0. The van der Waals surface area contributed by atoms with Gasteiger partial charge in [-0.15, -0.1) is 0 Å². The molecule has 0 amide bonds. The van der Waals surface area contributed by atoms with Crippen molar-refractivity contribution in [1.29, 1.82) is 0 Å². The van der Waals surface area contributed by atoms with Gasteiger partial charge in [0.25, 0.3) is 0 Å². The lowest BCUT2D eigenvalue weighted by Crippen LogP contribution is -1.96. The molecule has 0 heterocycles. The largest absolute Gasteiger partial charge is 0.508 e. The van der Waals surface area contributed by atoms with Crippen LogP contribution in [0.4, 0.5) is 0 Å². The van der Waals surface area contributed by atoms with Gasteiger partial charge >= 0.3 is 0 Å². The van der Waals surface area contributed by atoms with Gasteiger partial charge in [0, 0.05) is 12.7 Å². The van der Waals surface area contributed by atoms with E-state index in [9.17, 15) is 5.11 Å². The molecule has 0 radical (unpaired) electrons. The molecule has 3 rings (SSSR count). The van der Waals surface area contributed by atoms with Crippen LogP contribution in [0.25, 0.3) is 5.57 Å². The van der Waals surface area contributed by atoms with E-state index in [-0.39, 0.29) is 24.0 Å². The number of aromatic hydroxyl groups is 2. The summed E-state index contributed by atoms with van der Waals surface area (Å²) in [6, 6.07) is 21.0. The van der Waals surface area contributed by atoms with Crippen molar-refractivity contribution in [3.05, 3.63) is 95.6 Å². The molecule has 0 saturated carbocycles. The normalized spacial score (nSPS) is 9.84. The van der Waals surface area contributed by atoms with Gasteiger partial charge in [-0.3, -0.25) is 0 Å². The quantitative estimate of drug-likeness (QED) is 0.410. The molecule has 0 aliphatic heterocycles. The predicted molar refractivity (Wildman–Crippen MR) is 133 cm³/mol. The Morgan fingerprint density at radius 1 is 0.969 bits per heavy atom. The monoisotopic (exact) mass is 436 g/mol. The van der Waals surface area contributed by atoms with Crippen LogP contribution in [-0.2, 0) is 6.61 Å². The molecule has 0 spiro atoms. The predicted octanol–water partition coefficient (Wildman–Crippen LogP) is 6.83. The average molecular weight is 437 g/mol. The van der Waals surface area contributed by atoms with Crippen molar-refractivity contribution in [2.24, 2.45) is 0 Å². The minimum absolute atomic E-state index is 0.104. The van der Waals surface area contributed by atoms with Crippen molar-refractivity contribution in [3.63, 3.8) is 0 Å². The highest BCUT2D eigenvalue weighted by Gasteiger charge is 2.05. The first-order valence-electron chi connectivity index (χ1n) is 10.8. The van der Waals surface area contributed by atoms with Crippen molar-refractivity contribution >= 4 is 5.57 Å². The molecule has 172 valence electrons. The lowest BCUT2D eigenvalue weighted by Gasteiger charge is -2.10. The zero-order valence-corrected chi connectivity index (χ0v) is 19.8. The molecule has 0 aliphatic rings. The van der Waals surface area contributed by atoms with Gasteiger partial charge < -0.3 is 20.1 Å². The summed E-state index contributed by atoms with van der Waals surface area (Å²) in [7, 11) is 0. The van der Waals surface area contributed by atoms with Crippen LogP contribution in [0.2, 0.25) is 0 Å². The number of benzene rings is 3. The number of aliphatic hydroxyl groups is 1. The van der Waals surface area contributed by atoms with E-state index in [1.165, 1.54) is 22.8 Å². The Hall–Kier alpha value is -3.24. The number of phenolic OH excluding ortho intramolecular Hbond substituents is 2. The van der Waals surface area contributed by atoms with E-state index < -0.39 is 0 Å². The second kappa shape index (κ2) is 13.9. The fraction of sp³-hybridized carbons (Fsp3) is 0.286. The second-order valence-corrected chi connectivity index (χ2v) is 7.75. The number of allylic oxidation sites excluding steroid dienone is 1. The molecule has 0 unspecified atom stereocenters. The van der Waals surface area contributed by atoms with Gasteiger partial charge in [0.2, 0.25) is 0 Å². The molecule has 4 nitrogen and oxygen atoms in total. The first kappa shape index (κ1) is 26.8. The van der Waals surface area contributed by atoms with E-state index in [2.05, 4.69) is 37.8 Å². The van der Waals surface area contributed by atoms with Crippen molar-refractivity contribution in [2.75, 3.05) is 6.61 Å². The summed E-state index contributed by atoms with van der Waals surface area (Å²) in [6.45, 7) is 14.6. The molecule has 0 bridgehead atoms. The zero-order valence-electron chi connectivity index (χ0n) is 19.8. The minimum Gasteiger partial charge on any atom is -0.508 e. The summed E-state index contributed by atoms with van der Waals surface area (Å²) in [5.41, 5.74) is 5.53. The molecule has 3 aromatic carbocycles. The highest BCUT2D eigenvalue weighted by atomic mass is 16.5. The third kappa shape index (κ3) is 9.27. The summed E-state index contributed by atoms with van der Waals surface area (Å²) in [5.74, 6) is 1.46. The molecule has 0 fully saturated rings. The van der Waals surface area contributed by atoms with Gasteiger partial charge in [-0.2, -0.15) is 0 Å². The van der Waals surface area contributed by atoms with E-state index in [1.807, 2.05) is 45.0 Å². The Bertz CT molecular complexity index is 962. The van der Waals surface area contributed by atoms with Crippen molar-refractivity contribution in [1.82, 2.24) is 0 Å². The lowest BCUT2D eigenvalue weighted by atomic mass is 10.0. The van der Waals surface area contributed by atoms with Crippen molar-refractivity contribution < 1.29 is 20.1 Å². The number of phenols is 2. The maximum absolute atomic E-state index is 9.30. The Labute approximate surface area is 192 Å². The fourth-order valence-electron chi connectivity index (χ4n) is 2.97. The van der Waals surface area contributed by atoms with Crippen LogP contribution in [0.3, 0.4) is 0 Å². The maximum Gasteiger partial charge on any atom is 0.122 e. The van der Waals surface area contributed by atoms with E-state index in [1.54, 1.807) is 19.1 Å². The highest BCUT2D eigenvalue weighted by molar-refractivity contribution is 5.65. The Morgan fingerprint density at radius 3 is 2.09 bits per heavy atom. The van der Waals surface area contributed by atoms with Gasteiger partial charge in [-0.05, 0) is 67.1 Å². The molecule has 32 heavy (non-hydrogen) atoms. The molecular formula is C28H36O4. The standard InChI is InChI=1S/C17H18O.C9H12O2.C2H6O/c1-13(2)17-10-9-16(11-14(17)3)18-12-15-7-5-4-6-8-15;1-6(2)8-4-3-7(10)5-9(8)11;1-2-3/h4-11H,1,12H2,2-3H3;3-6,10-11H,1-2H3;3H,2H2,1H3. The molecule has 0 aromatic heterocycles. The summed E-state index contributed by atoms with van der Waals surface area (Å²) < 4.78 is 5.78. The first-order valence-corrected chi connectivity index (χ1v) is 10.8. The second-order valence-electron chi connectivity index (χ2n) is 7.75. The third-order valence-electron chi connectivity index (χ3n) is 4.54. The molecule has 0 saturated heterocycles. The van der Waals surface area contributed by atoms with E-state index in [0.29, 0.717) is 6.61 Å². The fourth-order valence-corrected chi connectivity index (χ4v) is 2.97. The van der Waals surface area contributed by atoms with E-state index >= 15 is 0 Å². The van der Waals surface area contributed by atoms with Gasteiger partial charge in [-0.25, -0.2) is 0 Å². The summed E-state index contributed by atoms with van der Waals surface area (Å²) in [5, 5.41) is 25.8. The third-order valence-corrected chi connectivity index (χ3v) is 4.54. The van der Waals surface area contributed by atoms with Crippen molar-refractivity contribution in [2.45, 2.75) is 47.1 Å². The molecule has 0 atom stereocenters. The highest BCUT2D eigenvalue weighted by Crippen LogP contribution is 2.28. The minimum atomic E-state index is 0.104. The maximum atomic E-state index is 9.30. The molecule has 3 N–H and O–H groups in total. The number of hydrogen-bond donors (Lipinski definition) is 3. The Kier molecular flexibility index (Phi) is 11.7. The smallest absolute Gasteiger partial charge is 0.122 e. The van der Waals surface area contributed by atoms with Crippen LogP contribution in [0, 0.1) is 6.92 Å². The summed E-state index contributed by atoms with van der Waals surface area (Å²) in [6.07, 6.45) is 0. The van der Waals surface area contributed by atoms with Crippen LogP contribution in [0.1, 0.15) is 55.9 Å². The number of ether oxygens (including phenoxy) is 1. The Morgan fingerprint density at radius 2 is 1.59 bits per heavy atom. The molecule has 4 heteroatoms. The van der Waals surface area contributed by atoms with Crippen LogP contribution in [0.15, 0.2) is 73.3 Å². The van der Waals surface area contributed by atoms with Gasteiger partial charge in [0.1, 0.15) is 23.9 Å². The van der Waals surface area contributed by atoms with Crippen molar-refractivity contribution in [3.8, 4) is 17.2 Å². The first-order chi connectivity index (χ1) is 15.2. The van der Waals surface area contributed by atoms with Gasteiger partial charge in [0.15, 0.2) is 0 Å². The van der Waals surface area contributed by atoms with Crippen LogP contribution >= 0.6 is 0 Å². The van der Waals surface area contributed by atoms with Gasteiger partial charge in [-0.1, -0.05) is 68.5 Å². The topological polar surface area (TPSA) is 69.9 Å². The van der Waals surface area contributed by atoms with E-state index in [0.717, 1.165) is 16.9 Å². The molecule has 3 aromatic rings. The van der Waals surface area contributed by atoms with Gasteiger partial charge in [0.05, 0.1) is 0 Å². The SMILES string of the molecule is C=C(C)c1ccc(OCc2ccccc2)cc1C.CC(C)c1ccc(O)cc1O.CCO. The van der Waals surface area contributed by atoms with Crippen LogP contribution in [0.5, 0.6) is 17.2 Å². The Balaban J connectivity index is 0.000000312. The van der Waals surface area contributed by atoms with Crippen LogP contribution < -0.4 is 4.74 Å². The number of hydrogen-bond acceptors (Lipinski definition) is 4. The molecule has 0 aliphatic carbocycles. The summed E-state index contributed by atoms with van der Waals surface area (Å²) >= 11 is 0. The number of aryl methyl sites for hydroxylation is 1. The lowest BCUT2D eigenvalue weighted by molar-refractivity contribution is 0.306. The number of aliphatic hydroxyl groups excluding tert-OH is 1. The average Bonchev–Trinajstić information content (AvgIpc) is 2.73. The van der Waals surface area contributed by atoms with Crippen LogP contribution in [-0.4, -0.2) is 21.9 Å². The van der Waals surface area contributed by atoms with E-state index in [4.69, 9.17) is 14.9 Å².